The first-order valence-corrected chi connectivity index (χ1v) is 11.7. The normalized spacial score (nSPS) is 37.9. The summed E-state index contributed by atoms with van der Waals surface area (Å²) in [5.41, 5.74) is 4.62. The zero-order valence-electron chi connectivity index (χ0n) is 18.7. The zero-order chi connectivity index (χ0) is 20.3. The zero-order valence-corrected chi connectivity index (χ0v) is 18.7. The molecule has 0 aromatic heterocycles. The van der Waals surface area contributed by atoms with Crippen LogP contribution in [0.2, 0.25) is 0 Å². The van der Waals surface area contributed by atoms with Gasteiger partial charge in [-0.15, -0.1) is 0 Å². The van der Waals surface area contributed by atoms with Crippen LogP contribution >= 0.6 is 0 Å². The third kappa shape index (κ3) is 4.73. The minimum atomic E-state index is -0.180. The van der Waals surface area contributed by atoms with Crippen molar-refractivity contribution < 1.29 is 5.11 Å². The van der Waals surface area contributed by atoms with Crippen LogP contribution in [0, 0.1) is 29.1 Å². The van der Waals surface area contributed by atoms with Crippen LogP contribution in [-0.4, -0.2) is 11.2 Å². The molecule has 0 unspecified atom stereocenters. The number of fused-ring (bicyclic) bond motifs is 1. The van der Waals surface area contributed by atoms with E-state index in [1.165, 1.54) is 49.7 Å². The molecule has 0 aliphatic heterocycles. The molecule has 3 aliphatic carbocycles. The molecule has 0 saturated heterocycles. The Labute approximate surface area is 173 Å². The Kier molecular flexibility index (Phi) is 7.07. The highest BCUT2D eigenvalue weighted by Gasteiger charge is 2.50. The Morgan fingerprint density at radius 2 is 1.93 bits per heavy atom. The highest BCUT2D eigenvalue weighted by molar-refractivity contribution is 5.36. The smallest absolute Gasteiger partial charge is 0.0583 e. The van der Waals surface area contributed by atoms with Gasteiger partial charge in [0.2, 0.25) is 0 Å². The van der Waals surface area contributed by atoms with Crippen molar-refractivity contribution in [3.05, 3.63) is 47.6 Å². The highest BCUT2D eigenvalue weighted by atomic mass is 16.3. The van der Waals surface area contributed by atoms with E-state index in [1.807, 2.05) is 0 Å². The molecule has 1 nitrogen and oxygen atoms in total. The van der Waals surface area contributed by atoms with Gasteiger partial charge in [0.25, 0.3) is 0 Å². The van der Waals surface area contributed by atoms with Crippen LogP contribution in [0.4, 0.5) is 0 Å². The molecular weight excluding hydrogens is 340 g/mol. The van der Waals surface area contributed by atoms with Gasteiger partial charge in [-0.05, 0) is 92.4 Å². The molecule has 1 N–H and O–H groups in total. The third-order valence-electron chi connectivity index (χ3n) is 7.91. The van der Waals surface area contributed by atoms with Crippen LogP contribution in [0.25, 0.3) is 0 Å². The molecule has 0 radical (unpaired) electrons. The first-order valence-electron chi connectivity index (χ1n) is 11.7. The number of rotatable bonds is 5. The van der Waals surface area contributed by atoms with Gasteiger partial charge in [0.05, 0.1) is 6.10 Å². The minimum Gasteiger partial charge on any atom is -0.393 e. The van der Waals surface area contributed by atoms with Crippen LogP contribution in [-0.2, 0) is 0 Å². The summed E-state index contributed by atoms with van der Waals surface area (Å²) in [7, 11) is 0. The molecule has 0 heterocycles. The van der Waals surface area contributed by atoms with Gasteiger partial charge in [0.15, 0.2) is 0 Å². The summed E-state index contributed by atoms with van der Waals surface area (Å²) in [6, 6.07) is 0. The molecule has 1 heteroatoms. The maximum atomic E-state index is 10.0. The number of hydrogen-bond acceptors (Lipinski definition) is 1. The predicted molar refractivity (Wildman–Crippen MR) is 121 cm³/mol. The summed E-state index contributed by atoms with van der Waals surface area (Å²) < 4.78 is 0. The lowest BCUT2D eigenvalue weighted by molar-refractivity contribution is 0.112. The molecule has 0 amide bonds. The Bertz CT molecular complexity index is 649. The average Bonchev–Trinajstić information content (AvgIpc) is 2.99. The van der Waals surface area contributed by atoms with E-state index >= 15 is 0 Å². The van der Waals surface area contributed by atoms with Gasteiger partial charge in [-0.3, -0.25) is 0 Å². The number of aliphatic hydroxyl groups excluding tert-OH is 1. The fourth-order valence-electron chi connectivity index (χ4n) is 6.24. The van der Waals surface area contributed by atoms with E-state index in [1.54, 1.807) is 5.57 Å². The van der Waals surface area contributed by atoms with Gasteiger partial charge in [-0.25, -0.2) is 0 Å². The maximum Gasteiger partial charge on any atom is 0.0583 e. The molecule has 3 fully saturated rings. The second-order valence-corrected chi connectivity index (χ2v) is 10.4. The monoisotopic (exact) mass is 382 g/mol. The molecule has 0 bridgehead atoms. The third-order valence-corrected chi connectivity index (χ3v) is 7.91. The summed E-state index contributed by atoms with van der Waals surface area (Å²) >= 11 is 0. The van der Waals surface area contributed by atoms with E-state index in [2.05, 4.69) is 58.6 Å². The lowest BCUT2D eigenvalue weighted by Crippen LogP contribution is -2.35. The van der Waals surface area contributed by atoms with Crippen LogP contribution in [0.3, 0.4) is 0 Å². The van der Waals surface area contributed by atoms with Crippen molar-refractivity contribution in [2.75, 3.05) is 0 Å². The summed E-state index contributed by atoms with van der Waals surface area (Å²) in [6.45, 7) is 13.9. The Balaban J connectivity index is 1.74. The Hall–Kier alpha value is -1.08. The average molecular weight is 383 g/mol. The number of aliphatic hydroxyl groups is 1. The molecule has 3 aliphatic rings. The molecule has 156 valence electrons. The van der Waals surface area contributed by atoms with E-state index in [0.29, 0.717) is 11.3 Å². The number of hydrogen-bond donors (Lipinski definition) is 1. The molecule has 0 spiro atoms. The summed E-state index contributed by atoms with van der Waals surface area (Å²) in [5, 5.41) is 10.0. The summed E-state index contributed by atoms with van der Waals surface area (Å²) in [5.74, 6) is 2.98. The van der Waals surface area contributed by atoms with Gasteiger partial charge in [-0.2, -0.15) is 0 Å². The Morgan fingerprint density at radius 3 is 2.68 bits per heavy atom. The molecular formula is C27H42O. The molecule has 3 rings (SSSR count). The van der Waals surface area contributed by atoms with Crippen LogP contribution < -0.4 is 0 Å². The van der Waals surface area contributed by atoms with Crippen LogP contribution in [0.15, 0.2) is 47.6 Å². The van der Waals surface area contributed by atoms with Crippen LogP contribution in [0.5, 0.6) is 0 Å². The van der Waals surface area contributed by atoms with Crippen molar-refractivity contribution in [3.63, 3.8) is 0 Å². The van der Waals surface area contributed by atoms with Gasteiger partial charge in [-0.1, -0.05) is 69.7 Å². The van der Waals surface area contributed by atoms with Crippen molar-refractivity contribution in [1.29, 1.82) is 0 Å². The van der Waals surface area contributed by atoms with Crippen molar-refractivity contribution in [2.24, 2.45) is 29.1 Å². The second-order valence-electron chi connectivity index (χ2n) is 10.4. The van der Waals surface area contributed by atoms with E-state index in [9.17, 15) is 5.11 Å². The van der Waals surface area contributed by atoms with Crippen molar-refractivity contribution in [3.8, 4) is 0 Å². The van der Waals surface area contributed by atoms with Crippen molar-refractivity contribution in [1.82, 2.24) is 0 Å². The van der Waals surface area contributed by atoms with Gasteiger partial charge in [0.1, 0.15) is 0 Å². The molecule has 3 saturated carbocycles. The van der Waals surface area contributed by atoms with Crippen LogP contribution in [0.1, 0.15) is 85.5 Å². The van der Waals surface area contributed by atoms with Gasteiger partial charge >= 0.3 is 0 Å². The van der Waals surface area contributed by atoms with E-state index in [-0.39, 0.29) is 6.10 Å². The second kappa shape index (κ2) is 9.16. The van der Waals surface area contributed by atoms with E-state index in [0.717, 1.165) is 37.0 Å². The quantitative estimate of drug-likeness (QED) is 0.491. The highest BCUT2D eigenvalue weighted by Crippen LogP contribution is 2.59. The van der Waals surface area contributed by atoms with Crippen molar-refractivity contribution >= 4 is 0 Å². The first-order chi connectivity index (χ1) is 13.3. The molecule has 0 aromatic carbocycles. The van der Waals surface area contributed by atoms with Crippen molar-refractivity contribution in [2.45, 2.75) is 91.6 Å². The predicted octanol–water partition coefficient (Wildman–Crippen LogP) is 7.40. The standard InChI is InChI=1S/C27H42O/c1-19(2)8-6-9-21(4)25-15-16-26-22(10-7-17-27(25,26)5)12-13-23-18-24(28)14-11-20(23)3/h6,9,12-13,19,21,24-26,28H,3,7-8,10-11,14-18H2,1-2,4-5H3/b9-6-,22-12+,23-13-/t21-,24+,25-,26-,27-/m1/s1. The van der Waals surface area contributed by atoms with E-state index in [4.69, 9.17) is 0 Å². The fourth-order valence-corrected chi connectivity index (χ4v) is 6.24. The molecule has 0 aromatic rings. The summed E-state index contributed by atoms with van der Waals surface area (Å²) in [4.78, 5) is 0. The fraction of sp³-hybridized carbons (Fsp3) is 0.704. The number of allylic oxidation sites excluding steroid dienone is 6. The topological polar surface area (TPSA) is 20.2 Å². The SMILES string of the molecule is C=C1CC[C@H](O)C/C1=C/C=C1\CCC[C@@]2(C)[C@@H]1CC[C@@H]2[C@H](C)/C=C\CC(C)C. The lowest BCUT2D eigenvalue weighted by atomic mass is 9.61. The minimum absolute atomic E-state index is 0.180. The molecule has 28 heavy (non-hydrogen) atoms. The maximum absolute atomic E-state index is 10.0. The largest absolute Gasteiger partial charge is 0.393 e. The van der Waals surface area contributed by atoms with E-state index < -0.39 is 0 Å². The molecule has 5 atom stereocenters. The first kappa shape index (κ1) is 21.6. The lowest BCUT2D eigenvalue weighted by Gasteiger charge is -2.44. The van der Waals surface area contributed by atoms with Gasteiger partial charge < -0.3 is 5.11 Å². The van der Waals surface area contributed by atoms with Gasteiger partial charge in [0, 0.05) is 0 Å². The summed E-state index contributed by atoms with van der Waals surface area (Å²) in [6.07, 6.45) is 19.9. The Morgan fingerprint density at radius 1 is 1.14 bits per heavy atom.